The summed E-state index contributed by atoms with van der Waals surface area (Å²) in [5, 5.41) is 2.30. The Bertz CT molecular complexity index is 865. The molecule has 7 nitrogen and oxygen atoms in total. The first kappa shape index (κ1) is 18.1. The van der Waals surface area contributed by atoms with Crippen molar-refractivity contribution in [2.24, 2.45) is 5.73 Å². The standard InChI is InChI=1S/C16H15F2N3O4/c1-20-14(23)12-6-10(13(19)22)8-21(15(12)24)7-9-3-2-4-11(5-9)25-16(17)18/h2-6,8,16H,7H2,1H3,(H2,19,22)(H,20,23). The van der Waals surface area contributed by atoms with Crippen LogP contribution in [0.25, 0.3) is 0 Å². The topological polar surface area (TPSA) is 103 Å². The number of primary amides is 1. The van der Waals surface area contributed by atoms with Crippen molar-refractivity contribution in [2.45, 2.75) is 13.2 Å². The van der Waals surface area contributed by atoms with Crippen molar-refractivity contribution in [2.75, 3.05) is 7.05 Å². The van der Waals surface area contributed by atoms with E-state index in [-0.39, 0.29) is 23.4 Å². The molecule has 2 aromatic rings. The minimum Gasteiger partial charge on any atom is -0.435 e. The largest absolute Gasteiger partial charge is 0.435 e. The number of ether oxygens (including phenoxy) is 1. The van der Waals surface area contributed by atoms with Crippen LogP contribution in [0.2, 0.25) is 0 Å². The lowest BCUT2D eigenvalue weighted by Crippen LogP contribution is -2.33. The fourth-order valence-corrected chi connectivity index (χ4v) is 2.20. The van der Waals surface area contributed by atoms with Crippen molar-refractivity contribution in [3.63, 3.8) is 0 Å². The van der Waals surface area contributed by atoms with Crippen LogP contribution in [0.1, 0.15) is 26.3 Å². The lowest BCUT2D eigenvalue weighted by molar-refractivity contribution is -0.0498. The molecule has 0 aliphatic carbocycles. The molecular formula is C16H15F2N3O4. The predicted octanol–water partition coefficient (Wildman–Crippen LogP) is 0.956. The van der Waals surface area contributed by atoms with E-state index >= 15 is 0 Å². The minimum absolute atomic E-state index is 0.0295. The number of nitrogens with two attached hydrogens (primary N) is 1. The van der Waals surface area contributed by atoms with E-state index in [0.29, 0.717) is 5.56 Å². The van der Waals surface area contributed by atoms with Gasteiger partial charge < -0.3 is 20.4 Å². The van der Waals surface area contributed by atoms with Crippen molar-refractivity contribution in [1.29, 1.82) is 0 Å². The zero-order chi connectivity index (χ0) is 18.6. The van der Waals surface area contributed by atoms with E-state index in [1.54, 1.807) is 6.07 Å². The molecule has 0 bridgehead atoms. The molecule has 132 valence electrons. The number of hydrogen-bond donors (Lipinski definition) is 2. The van der Waals surface area contributed by atoms with Gasteiger partial charge in [-0.05, 0) is 23.8 Å². The van der Waals surface area contributed by atoms with Crippen LogP contribution in [0.3, 0.4) is 0 Å². The normalized spacial score (nSPS) is 10.6. The molecular weight excluding hydrogens is 336 g/mol. The van der Waals surface area contributed by atoms with E-state index < -0.39 is 24.0 Å². The molecule has 0 aliphatic heterocycles. The zero-order valence-corrected chi connectivity index (χ0v) is 13.2. The SMILES string of the molecule is CNC(=O)c1cc(C(N)=O)cn(Cc2cccc(OC(F)F)c2)c1=O. The molecule has 1 heterocycles. The van der Waals surface area contributed by atoms with E-state index in [4.69, 9.17) is 5.73 Å². The Balaban J connectivity index is 2.45. The van der Waals surface area contributed by atoms with Gasteiger partial charge in [0, 0.05) is 13.2 Å². The molecule has 0 saturated heterocycles. The Morgan fingerprint density at radius 2 is 2.04 bits per heavy atom. The summed E-state index contributed by atoms with van der Waals surface area (Å²) < 4.78 is 30.0. The second kappa shape index (κ2) is 7.56. The van der Waals surface area contributed by atoms with Gasteiger partial charge in [-0.15, -0.1) is 0 Å². The van der Waals surface area contributed by atoms with E-state index in [1.165, 1.54) is 31.4 Å². The van der Waals surface area contributed by atoms with Crippen molar-refractivity contribution < 1.29 is 23.1 Å². The molecule has 2 amide bonds. The number of carbonyl (C=O) groups is 2. The monoisotopic (exact) mass is 351 g/mol. The van der Waals surface area contributed by atoms with E-state index in [2.05, 4.69) is 10.1 Å². The highest BCUT2D eigenvalue weighted by molar-refractivity contribution is 5.98. The third-order valence-electron chi connectivity index (χ3n) is 3.32. The first-order chi connectivity index (χ1) is 11.8. The fraction of sp³-hybridized carbons (Fsp3) is 0.188. The summed E-state index contributed by atoms with van der Waals surface area (Å²) in [5.41, 5.74) is 4.76. The number of hydrogen-bond acceptors (Lipinski definition) is 4. The van der Waals surface area contributed by atoms with Gasteiger partial charge in [0.15, 0.2) is 0 Å². The maximum absolute atomic E-state index is 12.4. The van der Waals surface area contributed by atoms with Gasteiger partial charge in [-0.1, -0.05) is 12.1 Å². The van der Waals surface area contributed by atoms with E-state index in [0.717, 1.165) is 10.6 Å². The lowest BCUT2D eigenvalue weighted by atomic mass is 10.1. The maximum Gasteiger partial charge on any atom is 0.387 e. The summed E-state index contributed by atoms with van der Waals surface area (Å²) in [6, 6.07) is 6.84. The predicted molar refractivity (Wildman–Crippen MR) is 84.8 cm³/mol. The van der Waals surface area contributed by atoms with Gasteiger partial charge in [0.1, 0.15) is 11.3 Å². The van der Waals surface area contributed by atoms with Crippen molar-refractivity contribution in [3.05, 3.63) is 63.6 Å². The number of benzene rings is 1. The molecule has 0 fully saturated rings. The quantitative estimate of drug-likeness (QED) is 0.809. The molecule has 0 radical (unpaired) electrons. The minimum atomic E-state index is -2.98. The lowest BCUT2D eigenvalue weighted by Gasteiger charge is -2.11. The molecule has 9 heteroatoms. The number of nitrogens with zero attached hydrogens (tertiary/aromatic N) is 1. The van der Waals surface area contributed by atoms with Gasteiger partial charge in [-0.2, -0.15) is 8.78 Å². The van der Waals surface area contributed by atoms with E-state index in [1.807, 2.05) is 0 Å². The average Bonchev–Trinajstić information content (AvgIpc) is 2.55. The van der Waals surface area contributed by atoms with Crippen LogP contribution in [0.4, 0.5) is 8.78 Å². The molecule has 1 aromatic carbocycles. The fourth-order valence-electron chi connectivity index (χ4n) is 2.20. The number of halogens is 2. The van der Waals surface area contributed by atoms with Crippen LogP contribution >= 0.6 is 0 Å². The highest BCUT2D eigenvalue weighted by Crippen LogP contribution is 2.16. The molecule has 0 saturated carbocycles. The molecule has 0 spiro atoms. The van der Waals surface area contributed by atoms with Crippen LogP contribution in [0.5, 0.6) is 5.75 Å². The van der Waals surface area contributed by atoms with Gasteiger partial charge >= 0.3 is 6.61 Å². The van der Waals surface area contributed by atoms with E-state index in [9.17, 15) is 23.2 Å². The highest BCUT2D eigenvalue weighted by atomic mass is 19.3. The van der Waals surface area contributed by atoms with Crippen molar-refractivity contribution >= 4 is 11.8 Å². The van der Waals surface area contributed by atoms with Crippen LogP contribution in [0, 0.1) is 0 Å². The number of aromatic nitrogens is 1. The summed E-state index contributed by atoms with van der Waals surface area (Å²) in [4.78, 5) is 35.6. The van der Waals surface area contributed by atoms with Gasteiger partial charge in [-0.25, -0.2) is 0 Å². The summed E-state index contributed by atoms with van der Waals surface area (Å²) >= 11 is 0. The number of pyridine rings is 1. The Morgan fingerprint density at radius 1 is 1.32 bits per heavy atom. The third kappa shape index (κ3) is 4.40. The van der Waals surface area contributed by atoms with Crippen LogP contribution in [-0.4, -0.2) is 30.0 Å². The summed E-state index contributed by atoms with van der Waals surface area (Å²) in [6.45, 7) is -3.04. The van der Waals surface area contributed by atoms with Crippen LogP contribution in [0.15, 0.2) is 41.3 Å². The van der Waals surface area contributed by atoms with Crippen LogP contribution in [-0.2, 0) is 6.54 Å². The molecule has 0 atom stereocenters. The van der Waals surface area contributed by atoms with Crippen molar-refractivity contribution in [3.8, 4) is 5.75 Å². The number of alkyl halides is 2. The third-order valence-corrected chi connectivity index (χ3v) is 3.32. The number of carbonyl (C=O) groups excluding carboxylic acids is 2. The molecule has 2 rings (SSSR count). The smallest absolute Gasteiger partial charge is 0.387 e. The molecule has 3 N–H and O–H groups in total. The second-order valence-electron chi connectivity index (χ2n) is 5.04. The summed E-state index contributed by atoms with van der Waals surface area (Å²) in [5.74, 6) is -1.55. The molecule has 0 unspecified atom stereocenters. The maximum atomic E-state index is 12.4. The summed E-state index contributed by atoms with van der Waals surface area (Å²) in [6.07, 6.45) is 1.21. The van der Waals surface area contributed by atoms with Gasteiger partial charge in [0.2, 0.25) is 5.91 Å². The van der Waals surface area contributed by atoms with Gasteiger partial charge in [0.25, 0.3) is 11.5 Å². The first-order valence-corrected chi connectivity index (χ1v) is 7.12. The number of rotatable bonds is 6. The van der Waals surface area contributed by atoms with Crippen LogP contribution < -0.4 is 21.3 Å². The Morgan fingerprint density at radius 3 is 2.64 bits per heavy atom. The number of amides is 2. The van der Waals surface area contributed by atoms with Gasteiger partial charge in [0.05, 0.1) is 12.1 Å². The Kier molecular flexibility index (Phi) is 5.48. The zero-order valence-electron chi connectivity index (χ0n) is 13.2. The molecule has 0 aliphatic rings. The molecule has 25 heavy (non-hydrogen) atoms. The van der Waals surface area contributed by atoms with Gasteiger partial charge in [-0.3, -0.25) is 14.4 Å². The first-order valence-electron chi connectivity index (χ1n) is 7.12. The Labute approximate surface area is 141 Å². The van der Waals surface area contributed by atoms with Crippen molar-refractivity contribution in [1.82, 2.24) is 9.88 Å². The molecule has 1 aromatic heterocycles. The highest BCUT2D eigenvalue weighted by Gasteiger charge is 2.16. The second-order valence-corrected chi connectivity index (χ2v) is 5.04. The average molecular weight is 351 g/mol. The Hall–Kier alpha value is -3.23. The number of nitrogens with one attached hydrogen (secondary N) is 1. The summed E-state index contributed by atoms with van der Waals surface area (Å²) in [7, 11) is 1.34.